The van der Waals surface area contributed by atoms with E-state index in [2.05, 4.69) is 0 Å². The molecule has 18 heavy (non-hydrogen) atoms. The van der Waals surface area contributed by atoms with Crippen LogP contribution in [0.4, 0.5) is 5.69 Å². The van der Waals surface area contributed by atoms with E-state index in [4.69, 9.17) is 10.8 Å². The summed E-state index contributed by atoms with van der Waals surface area (Å²) in [5, 5.41) is 8.79. The fraction of sp³-hybridized carbons (Fsp3) is 0.231. The van der Waals surface area contributed by atoms with Crippen LogP contribution in [-0.2, 0) is 9.59 Å². The van der Waals surface area contributed by atoms with Crippen LogP contribution in [0.1, 0.15) is 12.5 Å². The van der Waals surface area contributed by atoms with E-state index in [1.807, 2.05) is 0 Å². The predicted octanol–water partition coefficient (Wildman–Crippen LogP) is 1.21. The van der Waals surface area contributed by atoms with Crippen molar-refractivity contribution < 1.29 is 14.7 Å². The number of nitrogens with zero attached hydrogens (tertiary/aromatic N) is 1. The molecule has 0 saturated heterocycles. The number of nitrogen functional groups attached to an aromatic ring is 1. The fourth-order valence-corrected chi connectivity index (χ4v) is 1.30. The number of hydrogen-bond acceptors (Lipinski definition) is 3. The van der Waals surface area contributed by atoms with Gasteiger partial charge in [0.2, 0.25) is 5.91 Å². The molecule has 0 heterocycles. The lowest BCUT2D eigenvalue weighted by Gasteiger charge is -2.19. The zero-order chi connectivity index (χ0) is 13.7. The maximum Gasteiger partial charge on any atom is 0.326 e. The number of carbonyl (C=O) groups excluding carboxylic acids is 1. The molecule has 1 amide bonds. The molecule has 1 atom stereocenters. The normalized spacial score (nSPS) is 12.3. The Balaban J connectivity index is 2.73. The van der Waals surface area contributed by atoms with E-state index >= 15 is 0 Å². The second-order valence-corrected chi connectivity index (χ2v) is 3.97. The van der Waals surface area contributed by atoms with Gasteiger partial charge in [-0.1, -0.05) is 12.1 Å². The lowest BCUT2D eigenvalue weighted by atomic mass is 10.2. The Kier molecular flexibility index (Phi) is 4.48. The number of amides is 1. The van der Waals surface area contributed by atoms with E-state index in [0.29, 0.717) is 5.69 Å². The number of nitrogens with two attached hydrogens (primary N) is 1. The molecule has 0 fully saturated rings. The van der Waals surface area contributed by atoms with Crippen LogP contribution < -0.4 is 5.73 Å². The predicted molar refractivity (Wildman–Crippen MR) is 69.8 cm³/mol. The highest BCUT2D eigenvalue weighted by Crippen LogP contribution is 2.08. The monoisotopic (exact) mass is 248 g/mol. The Morgan fingerprint density at radius 1 is 1.44 bits per heavy atom. The van der Waals surface area contributed by atoms with Gasteiger partial charge in [-0.15, -0.1) is 0 Å². The molecule has 1 aromatic rings. The summed E-state index contributed by atoms with van der Waals surface area (Å²) in [5.74, 6) is -1.41. The first-order chi connectivity index (χ1) is 8.41. The second-order valence-electron chi connectivity index (χ2n) is 3.97. The van der Waals surface area contributed by atoms with Crippen LogP contribution in [0.5, 0.6) is 0 Å². The van der Waals surface area contributed by atoms with Gasteiger partial charge in [0.05, 0.1) is 0 Å². The minimum Gasteiger partial charge on any atom is -0.480 e. The third-order valence-electron chi connectivity index (χ3n) is 2.62. The number of carbonyl (C=O) groups is 2. The van der Waals surface area contributed by atoms with E-state index in [0.717, 1.165) is 10.5 Å². The van der Waals surface area contributed by atoms with Crippen molar-refractivity contribution in [3.8, 4) is 0 Å². The highest BCUT2D eigenvalue weighted by molar-refractivity contribution is 5.94. The zero-order valence-corrected chi connectivity index (χ0v) is 10.3. The van der Waals surface area contributed by atoms with Crippen molar-refractivity contribution in [2.45, 2.75) is 13.0 Å². The molecule has 0 saturated carbocycles. The third-order valence-corrected chi connectivity index (χ3v) is 2.62. The van der Waals surface area contributed by atoms with E-state index in [-0.39, 0.29) is 5.91 Å². The first-order valence-electron chi connectivity index (χ1n) is 5.45. The van der Waals surface area contributed by atoms with Crippen molar-refractivity contribution in [2.24, 2.45) is 0 Å². The summed E-state index contributed by atoms with van der Waals surface area (Å²) in [6, 6.07) is 6.20. The molecular weight excluding hydrogens is 232 g/mol. The second kappa shape index (κ2) is 5.86. The maximum absolute atomic E-state index is 11.7. The number of anilines is 1. The van der Waals surface area contributed by atoms with Gasteiger partial charge in [0.1, 0.15) is 6.04 Å². The average Bonchev–Trinajstić information content (AvgIpc) is 2.34. The highest BCUT2D eigenvalue weighted by atomic mass is 16.4. The molecule has 5 heteroatoms. The van der Waals surface area contributed by atoms with Crippen LogP contribution in [0, 0.1) is 0 Å². The molecule has 0 radical (unpaired) electrons. The Bertz CT molecular complexity index is 483. The molecule has 1 aromatic carbocycles. The Hall–Kier alpha value is -2.30. The quantitative estimate of drug-likeness (QED) is 0.619. The maximum atomic E-state index is 11.7. The standard InChI is InChI=1S/C13H16N2O3/c1-9(13(17)18)15(2)12(16)7-6-10-4-3-5-11(14)8-10/h3-9H,14H2,1-2H3,(H,17,18)/b7-6+. The van der Waals surface area contributed by atoms with Crippen LogP contribution in [-0.4, -0.2) is 35.0 Å². The fourth-order valence-electron chi connectivity index (χ4n) is 1.30. The Labute approximate surface area is 106 Å². The molecule has 0 aromatic heterocycles. The summed E-state index contributed by atoms with van der Waals surface area (Å²) < 4.78 is 0. The first-order valence-corrected chi connectivity index (χ1v) is 5.45. The third kappa shape index (κ3) is 3.62. The smallest absolute Gasteiger partial charge is 0.326 e. The molecular formula is C13H16N2O3. The molecule has 96 valence electrons. The van der Waals surface area contributed by atoms with Gasteiger partial charge in [-0.2, -0.15) is 0 Å². The van der Waals surface area contributed by atoms with Crippen LogP contribution in [0.2, 0.25) is 0 Å². The SMILES string of the molecule is CC(C(=O)O)N(C)C(=O)/C=C/c1cccc(N)c1. The molecule has 1 rings (SSSR count). The summed E-state index contributed by atoms with van der Waals surface area (Å²) in [6.07, 6.45) is 2.93. The van der Waals surface area contributed by atoms with Gasteiger partial charge in [-0.3, -0.25) is 4.79 Å². The van der Waals surface area contributed by atoms with E-state index < -0.39 is 12.0 Å². The number of carboxylic acids is 1. The summed E-state index contributed by atoms with van der Waals surface area (Å²) in [4.78, 5) is 23.6. The minimum atomic E-state index is -1.04. The van der Waals surface area contributed by atoms with Gasteiger partial charge in [0.25, 0.3) is 0 Å². The number of rotatable bonds is 4. The van der Waals surface area contributed by atoms with E-state index in [9.17, 15) is 9.59 Å². The summed E-state index contributed by atoms with van der Waals surface area (Å²) in [6.45, 7) is 1.45. The molecule has 1 unspecified atom stereocenters. The lowest BCUT2D eigenvalue weighted by molar-refractivity contribution is -0.146. The number of benzene rings is 1. The van der Waals surface area contributed by atoms with Crippen molar-refractivity contribution >= 4 is 23.6 Å². The van der Waals surface area contributed by atoms with Gasteiger partial charge in [-0.25, -0.2) is 4.79 Å². The van der Waals surface area contributed by atoms with Crippen molar-refractivity contribution in [1.29, 1.82) is 0 Å². The number of carboxylic acid groups (broad SMARTS) is 1. The van der Waals surface area contributed by atoms with E-state index in [1.165, 1.54) is 20.0 Å². The summed E-state index contributed by atoms with van der Waals surface area (Å²) >= 11 is 0. The van der Waals surface area contributed by atoms with Crippen LogP contribution in [0.25, 0.3) is 6.08 Å². The molecule has 5 nitrogen and oxygen atoms in total. The largest absolute Gasteiger partial charge is 0.480 e. The highest BCUT2D eigenvalue weighted by Gasteiger charge is 2.19. The lowest BCUT2D eigenvalue weighted by Crippen LogP contribution is -2.39. The van der Waals surface area contributed by atoms with Crippen LogP contribution >= 0.6 is 0 Å². The number of likely N-dealkylation sites (N-methyl/N-ethyl adjacent to an activating group) is 1. The molecule has 0 aliphatic heterocycles. The van der Waals surface area contributed by atoms with Gasteiger partial charge in [0.15, 0.2) is 0 Å². The first kappa shape index (κ1) is 13.8. The average molecular weight is 248 g/mol. The van der Waals surface area contributed by atoms with Crippen molar-refractivity contribution in [3.63, 3.8) is 0 Å². The Morgan fingerprint density at radius 3 is 2.67 bits per heavy atom. The van der Waals surface area contributed by atoms with Gasteiger partial charge in [0, 0.05) is 18.8 Å². The molecule has 0 aliphatic carbocycles. The van der Waals surface area contributed by atoms with Crippen molar-refractivity contribution in [3.05, 3.63) is 35.9 Å². The van der Waals surface area contributed by atoms with Crippen molar-refractivity contribution in [2.75, 3.05) is 12.8 Å². The zero-order valence-electron chi connectivity index (χ0n) is 10.3. The van der Waals surface area contributed by atoms with Gasteiger partial charge < -0.3 is 15.7 Å². The van der Waals surface area contributed by atoms with Crippen LogP contribution in [0.3, 0.4) is 0 Å². The summed E-state index contributed by atoms with van der Waals surface area (Å²) in [5.41, 5.74) is 7.01. The number of aliphatic carboxylic acids is 1. The van der Waals surface area contributed by atoms with Gasteiger partial charge >= 0.3 is 5.97 Å². The molecule has 3 N–H and O–H groups in total. The Morgan fingerprint density at radius 2 is 2.11 bits per heavy atom. The molecule has 0 bridgehead atoms. The van der Waals surface area contributed by atoms with Crippen molar-refractivity contribution in [1.82, 2.24) is 4.90 Å². The summed E-state index contributed by atoms with van der Waals surface area (Å²) in [7, 11) is 1.45. The molecule has 0 aliphatic rings. The van der Waals surface area contributed by atoms with Gasteiger partial charge in [-0.05, 0) is 30.7 Å². The van der Waals surface area contributed by atoms with Crippen LogP contribution in [0.15, 0.2) is 30.3 Å². The topological polar surface area (TPSA) is 83.6 Å². The molecule has 0 spiro atoms. The minimum absolute atomic E-state index is 0.368. The van der Waals surface area contributed by atoms with E-state index in [1.54, 1.807) is 30.3 Å². The number of hydrogen-bond donors (Lipinski definition) is 2.